The predicted molar refractivity (Wildman–Crippen MR) is 98.4 cm³/mol. The van der Waals surface area contributed by atoms with Crippen LogP contribution in [0.3, 0.4) is 0 Å². The number of carbonyl (C=O) groups is 1. The van der Waals surface area contributed by atoms with Crippen molar-refractivity contribution in [3.63, 3.8) is 0 Å². The van der Waals surface area contributed by atoms with Crippen molar-refractivity contribution in [1.82, 2.24) is 0 Å². The lowest BCUT2D eigenvalue weighted by molar-refractivity contribution is -0.112. The molecule has 128 valence electrons. The fourth-order valence-electron chi connectivity index (χ4n) is 1.94. The number of methoxy groups -OCH3 is 1. The first-order chi connectivity index (χ1) is 11.9. The third-order valence-corrected chi connectivity index (χ3v) is 4.25. The number of carbonyl (C=O) groups excluding carboxylic acids is 1. The van der Waals surface area contributed by atoms with Crippen molar-refractivity contribution in [2.24, 2.45) is 0 Å². The van der Waals surface area contributed by atoms with Gasteiger partial charge in [-0.1, -0.05) is 40.9 Å². The molecule has 0 aromatic heterocycles. The van der Waals surface area contributed by atoms with Gasteiger partial charge in [0.25, 0.3) is 5.91 Å². The number of hydrogen-bond acceptors (Lipinski definition) is 4. The zero-order valence-corrected chi connectivity index (χ0v) is 15.1. The number of amides is 1. The first kappa shape index (κ1) is 18.9. The second-order valence-corrected chi connectivity index (χ2v) is 5.97. The summed E-state index contributed by atoms with van der Waals surface area (Å²) in [7, 11) is 1.36. The summed E-state index contributed by atoms with van der Waals surface area (Å²) in [5, 5.41) is 22.0. The summed E-state index contributed by atoms with van der Waals surface area (Å²) >= 11 is 17.8. The molecule has 0 unspecified atom stereocenters. The normalized spacial score (nSPS) is 10.9. The Kier molecular flexibility index (Phi) is 6.16. The maximum atomic E-state index is 12.3. The largest absolute Gasteiger partial charge is 0.503 e. The van der Waals surface area contributed by atoms with Gasteiger partial charge in [-0.05, 0) is 35.9 Å². The summed E-state index contributed by atoms with van der Waals surface area (Å²) in [4.78, 5) is 12.3. The molecule has 1 amide bonds. The first-order valence-corrected chi connectivity index (χ1v) is 7.94. The van der Waals surface area contributed by atoms with E-state index in [0.29, 0.717) is 5.56 Å². The number of nitrogens with one attached hydrogen (secondary N) is 1. The summed E-state index contributed by atoms with van der Waals surface area (Å²) in [6, 6.07) is 9.39. The first-order valence-electron chi connectivity index (χ1n) is 6.81. The molecule has 8 heteroatoms. The van der Waals surface area contributed by atoms with Gasteiger partial charge in [0.1, 0.15) is 11.6 Å². The van der Waals surface area contributed by atoms with Crippen molar-refractivity contribution in [2.75, 3.05) is 12.4 Å². The van der Waals surface area contributed by atoms with Gasteiger partial charge in [-0.3, -0.25) is 4.79 Å². The molecule has 0 fully saturated rings. The van der Waals surface area contributed by atoms with Crippen molar-refractivity contribution in [1.29, 1.82) is 5.26 Å². The van der Waals surface area contributed by atoms with E-state index in [1.54, 1.807) is 24.3 Å². The Morgan fingerprint density at radius 3 is 2.64 bits per heavy atom. The smallest absolute Gasteiger partial charge is 0.266 e. The van der Waals surface area contributed by atoms with Crippen LogP contribution in [0.15, 0.2) is 35.9 Å². The minimum Gasteiger partial charge on any atom is -0.503 e. The number of hydrogen-bond donors (Lipinski definition) is 2. The highest BCUT2D eigenvalue weighted by molar-refractivity contribution is 6.44. The molecule has 0 aliphatic heterocycles. The topological polar surface area (TPSA) is 82.3 Å². The zero-order valence-electron chi connectivity index (χ0n) is 12.8. The van der Waals surface area contributed by atoms with Gasteiger partial charge in [-0.25, -0.2) is 0 Å². The molecule has 0 aliphatic carbocycles. The van der Waals surface area contributed by atoms with Crippen LogP contribution in [-0.2, 0) is 4.79 Å². The second kappa shape index (κ2) is 8.13. The highest BCUT2D eigenvalue weighted by atomic mass is 35.5. The molecular weight excluding hydrogens is 387 g/mol. The van der Waals surface area contributed by atoms with E-state index in [2.05, 4.69) is 5.32 Å². The Labute approximate surface area is 159 Å². The highest BCUT2D eigenvalue weighted by Crippen LogP contribution is 2.35. The third-order valence-electron chi connectivity index (χ3n) is 3.15. The summed E-state index contributed by atoms with van der Waals surface area (Å²) in [6.07, 6.45) is 1.31. The number of halogens is 3. The fourth-order valence-corrected chi connectivity index (χ4v) is 2.50. The maximum absolute atomic E-state index is 12.3. The van der Waals surface area contributed by atoms with Crippen molar-refractivity contribution in [3.8, 4) is 17.6 Å². The van der Waals surface area contributed by atoms with Crippen LogP contribution in [0.5, 0.6) is 11.5 Å². The number of benzene rings is 2. The number of aromatic hydroxyl groups is 1. The average molecular weight is 398 g/mol. The van der Waals surface area contributed by atoms with E-state index in [1.807, 2.05) is 0 Å². The number of rotatable bonds is 4. The summed E-state index contributed by atoms with van der Waals surface area (Å²) in [5.41, 5.74) is 0.491. The monoisotopic (exact) mass is 396 g/mol. The standard InChI is InChI=1S/C17H11Cl3N2O3/c1-25-14-7-9(6-12(19)16(14)23)5-10(8-21)17(24)22-13-4-2-3-11(18)15(13)20/h2-7,23H,1H3,(H,22,24). The highest BCUT2D eigenvalue weighted by Gasteiger charge is 2.14. The second-order valence-electron chi connectivity index (χ2n) is 4.78. The quantitative estimate of drug-likeness (QED) is 0.567. The van der Waals surface area contributed by atoms with Gasteiger partial charge in [0.15, 0.2) is 11.5 Å². The predicted octanol–water partition coefficient (Wildman–Crippen LogP) is 4.91. The summed E-state index contributed by atoms with van der Waals surface area (Å²) < 4.78 is 4.99. The minimum absolute atomic E-state index is 0.0289. The maximum Gasteiger partial charge on any atom is 0.266 e. The number of nitrogens with zero attached hydrogens (tertiary/aromatic N) is 1. The van der Waals surface area contributed by atoms with Crippen molar-refractivity contribution < 1.29 is 14.6 Å². The number of phenols is 1. The molecule has 0 radical (unpaired) electrons. The van der Waals surface area contributed by atoms with Gasteiger partial charge < -0.3 is 15.2 Å². The van der Waals surface area contributed by atoms with Crippen LogP contribution < -0.4 is 10.1 Å². The number of anilines is 1. The van der Waals surface area contributed by atoms with Crippen LogP contribution in [0.1, 0.15) is 5.56 Å². The van der Waals surface area contributed by atoms with Crippen molar-refractivity contribution in [3.05, 3.63) is 56.5 Å². The van der Waals surface area contributed by atoms with Crippen LogP contribution >= 0.6 is 34.8 Å². The molecule has 0 atom stereocenters. The summed E-state index contributed by atoms with van der Waals surface area (Å²) in [5.74, 6) is -0.779. The third kappa shape index (κ3) is 4.37. The van der Waals surface area contributed by atoms with E-state index in [1.165, 1.54) is 25.3 Å². The molecule has 0 saturated heterocycles. The lowest BCUT2D eigenvalue weighted by Gasteiger charge is -2.08. The molecule has 25 heavy (non-hydrogen) atoms. The Morgan fingerprint density at radius 2 is 2.00 bits per heavy atom. The Hall–Kier alpha value is -2.39. The van der Waals surface area contributed by atoms with Gasteiger partial charge in [-0.2, -0.15) is 5.26 Å². The molecule has 2 aromatic rings. The van der Waals surface area contributed by atoms with Crippen LogP contribution in [0.25, 0.3) is 6.08 Å². The van der Waals surface area contributed by atoms with Crippen molar-refractivity contribution >= 4 is 52.5 Å². The van der Waals surface area contributed by atoms with Gasteiger partial charge >= 0.3 is 0 Å². The Balaban J connectivity index is 2.34. The zero-order chi connectivity index (χ0) is 18.6. The SMILES string of the molecule is COc1cc(C=C(C#N)C(=O)Nc2cccc(Cl)c2Cl)cc(Cl)c1O. The fraction of sp³-hybridized carbons (Fsp3) is 0.0588. The van der Waals surface area contributed by atoms with E-state index in [4.69, 9.17) is 39.5 Å². The van der Waals surface area contributed by atoms with Crippen LogP contribution in [0.2, 0.25) is 15.1 Å². The number of nitriles is 1. The molecule has 2 N–H and O–H groups in total. The van der Waals surface area contributed by atoms with Crippen molar-refractivity contribution in [2.45, 2.75) is 0 Å². The van der Waals surface area contributed by atoms with Gasteiger partial charge in [0, 0.05) is 0 Å². The van der Waals surface area contributed by atoms with E-state index >= 15 is 0 Å². The molecule has 0 bridgehead atoms. The average Bonchev–Trinajstić information content (AvgIpc) is 2.59. The van der Waals surface area contributed by atoms with Gasteiger partial charge in [0.2, 0.25) is 0 Å². The Bertz CT molecular complexity index is 905. The van der Waals surface area contributed by atoms with E-state index in [9.17, 15) is 15.2 Å². The minimum atomic E-state index is -0.671. The van der Waals surface area contributed by atoms with Crippen LogP contribution in [0.4, 0.5) is 5.69 Å². The van der Waals surface area contributed by atoms with Crippen LogP contribution in [0, 0.1) is 11.3 Å². The van der Waals surface area contributed by atoms with E-state index in [0.717, 1.165) is 0 Å². The lowest BCUT2D eigenvalue weighted by atomic mass is 10.1. The number of phenolic OH excluding ortho intramolecular Hbond substituents is 1. The molecule has 0 heterocycles. The molecule has 0 saturated carbocycles. The molecule has 0 aliphatic rings. The van der Waals surface area contributed by atoms with Crippen LogP contribution in [-0.4, -0.2) is 18.1 Å². The Morgan fingerprint density at radius 1 is 1.28 bits per heavy atom. The van der Waals surface area contributed by atoms with Gasteiger partial charge in [-0.15, -0.1) is 0 Å². The molecular formula is C17H11Cl3N2O3. The molecule has 5 nitrogen and oxygen atoms in total. The number of ether oxygens (including phenoxy) is 1. The summed E-state index contributed by atoms with van der Waals surface area (Å²) in [6.45, 7) is 0. The molecule has 2 rings (SSSR count). The van der Waals surface area contributed by atoms with Gasteiger partial charge in [0.05, 0.1) is 27.9 Å². The van der Waals surface area contributed by atoms with E-state index < -0.39 is 5.91 Å². The molecule has 0 spiro atoms. The van der Waals surface area contributed by atoms with E-state index in [-0.39, 0.29) is 37.8 Å². The lowest BCUT2D eigenvalue weighted by Crippen LogP contribution is -2.13. The molecule has 2 aromatic carbocycles.